The predicted molar refractivity (Wildman–Crippen MR) is 97.1 cm³/mol. The van der Waals surface area contributed by atoms with Gasteiger partial charge in [0.05, 0.1) is 12.7 Å². The summed E-state index contributed by atoms with van der Waals surface area (Å²) >= 11 is 0. The van der Waals surface area contributed by atoms with Crippen molar-refractivity contribution in [3.8, 4) is 5.75 Å². The molecule has 0 spiro atoms. The van der Waals surface area contributed by atoms with Gasteiger partial charge in [0.1, 0.15) is 5.75 Å². The van der Waals surface area contributed by atoms with Crippen LogP contribution in [0.2, 0.25) is 0 Å². The maximum Gasteiger partial charge on any atom is 0.119 e. The Balaban J connectivity index is 1.59. The summed E-state index contributed by atoms with van der Waals surface area (Å²) < 4.78 is 5.50. The van der Waals surface area contributed by atoms with E-state index in [0.29, 0.717) is 12.5 Å². The summed E-state index contributed by atoms with van der Waals surface area (Å²) in [6, 6.07) is 18.9. The molecular formula is C21H27NO2. The molecule has 0 saturated carbocycles. The Bertz CT molecular complexity index is 611. The molecule has 1 fully saturated rings. The van der Waals surface area contributed by atoms with Crippen LogP contribution in [-0.4, -0.2) is 35.8 Å². The molecule has 1 N–H and O–H groups in total. The van der Waals surface area contributed by atoms with Crippen LogP contribution in [0, 0.1) is 5.92 Å². The third kappa shape index (κ3) is 4.59. The highest BCUT2D eigenvalue weighted by atomic mass is 16.5. The molecule has 2 aromatic rings. The highest BCUT2D eigenvalue weighted by molar-refractivity contribution is 5.27. The van der Waals surface area contributed by atoms with Crippen molar-refractivity contribution in [2.24, 2.45) is 5.92 Å². The van der Waals surface area contributed by atoms with E-state index in [-0.39, 0.29) is 6.10 Å². The molecule has 3 heteroatoms. The molecule has 0 radical (unpaired) electrons. The highest BCUT2D eigenvalue weighted by Crippen LogP contribution is 2.24. The number of aliphatic hydroxyl groups is 1. The number of ether oxygens (including phenoxy) is 1. The van der Waals surface area contributed by atoms with E-state index in [1.165, 1.54) is 11.1 Å². The second-order valence-corrected chi connectivity index (χ2v) is 6.62. The van der Waals surface area contributed by atoms with Crippen LogP contribution < -0.4 is 4.74 Å². The van der Waals surface area contributed by atoms with Crippen LogP contribution in [0.3, 0.4) is 0 Å². The molecular weight excluding hydrogens is 298 g/mol. The largest absolute Gasteiger partial charge is 0.494 e. The number of benzene rings is 2. The number of rotatable bonds is 6. The lowest BCUT2D eigenvalue weighted by molar-refractivity contribution is 0.0239. The lowest BCUT2D eigenvalue weighted by Gasteiger charge is -2.36. The Labute approximate surface area is 144 Å². The van der Waals surface area contributed by atoms with Crippen molar-refractivity contribution in [2.75, 3.05) is 19.7 Å². The molecule has 0 aliphatic carbocycles. The van der Waals surface area contributed by atoms with Gasteiger partial charge in [-0.25, -0.2) is 0 Å². The van der Waals surface area contributed by atoms with E-state index in [9.17, 15) is 5.11 Å². The standard InChI is InChI=1S/C21H27NO2/c1-2-24-20-10-8-17(9-11-20)14-19-16-22(13-12-21(19)23)15-18-6-4-3-5-7-18/h3-11,19,21,23H,2,12-16H2,1H3. The van der Waals surface area contributed by atoms with Crippen molar-refractivity contribution >= 4 is 0 Å². The summed E-state index contributed by atoms with van der Waals surface area (Å²) in [5, 5.41) is 10.4. The Kier molecular flexibility index (Phi) is 5.89. The molecule has 3 rings (SSSR count). The fourth-order valence-corrected chi connectivity index (χ4v) is 3.47. The Morgan fingerprint density at radius 3 is 2.50 bits per heavy atom. The van der Waals surface area contributed by atoms with Gasteiger partial charge >= 0.3 is 0 Å². The molecule has 2 atom stereocenters. The van der Waals surface area contributed by atoms with Gasteiger partial charge in [-0.15, -0.1) is 0 Å². The number of aliphatic hydroxyl groups excluding tert-OH is 1. The lowest BCUT2D eigenvalue weighted by Crippen LogP contribution is -2.43. The molecule has 3 nitrogen and oxygen atoms in total. The smallest absolute Gasteiger partial charge is 0.119 e. The SMILES string of the molecule is CCOc1ccc(CC2CN(Cc3ccccc3)CCC2O)cc1. The van der Waals surface area contributed by atoms with Gasteiger partial charge in [0, 0.05) is 25.6 Å². The molecule has 1 saturated heterocycles. The molecule has 0 aromatic heterocycles. The third-order valence-corrected chi connectivity index (χ3v) is 4.76. The normalized spacial score (nSPS) is 21.6. The predicted octanol–water partition coefficient (Wildman–Crippen LogP) is 3.51. The van der Waals surface area contributed by atoms with E-state index in [0.717, 1.165) is 38.2 Å². The molecule has 1 aliphatic heterocycles. The van der Waals surface area contributed by atoms with Crippen molar-refractivity contribution in [1.82, 2.24) is 4.90 Å². The Morgan fingerprint density at radius 2 is 1.79 bits per heavy atom. The molecule has 1 heterocycles. The number of hydrogen-bond donors (Lipinski definition) is 1. The van der Waals surface area contributed by atoms with Crippen LogP contribution >= 0.6 is 0 Å². The van der Waals surface area contributed by atoms with Gasteiger partial charge in [0.25, 0.3) is 0 Å². The molecule has 2 aromatic carbocycles. The van der Waals surface area contributed by atoms with Gasteiger partial charge in [-0.05, 0) is 43.0 Å². The molecule has 0 amide bonds. The quantitative estimate of drug-likeness (QED) is 0.882. The summed E-state index contributed by atoms with van der Waals surface area (Å²) in [6.45, 7) is 5.56. The molecule has 24 heavy (non-hydrogen) atoms. The highest BCUT2D eigenvalue weighted by Gasteiger charge is 2.27. The molecule has 1 aliphatic rings. The summed E-state index contributed by atoms with van der Waals surface area (Å²) in [5.74, 6) is 1.21. The van der Waals surface area contributed by atoms with E-state index in [4.69, 9.17) is 4.74 Å². The van der Waals surface area contributed by atoms with Crippen LogP contribution in [0.15, 0.2) is 54.6 Å². The van der Waals surface area contributed by atoms with Crippen LogP contribution in [-0.2, 0) is 13.0 Å². The number of nitrogens with zero attached hydrogens (tertiary/aromatic N) is 1. The second-order valence-electron chi connectivity index (χ2n) is 6.62. The number of hydrogen-bond acceptors (Lipinski definition) is 3. The van der Waals surface area contributed by atoms with Crippen LogP contribution in [0.5, 0.6) is 5.75 Å². The first-order valence-electron chi connectivity index (χ1n) is 8.90. The summed E-state index contributed by atoms with van der Waals surface area (Å²) in [7, 11) is 0. The van der Waals surface area contributed by atoms with Gasteiger partial charge in [0.15, 0.2) is 0 Å². The average Bonchev–Trinajstić information content (AvgIpc) is 2.61. The van der Waals surface area contributed by atoms with Crippen molar-refractivity contribution in [2.45, 2.75) is 32.4 Å². The van der Waals surface area contributed by atoms with Crippen molar-refractivity contribution in [3.05, 3.63) is 65.7 Å². The second kappa shape index (κ2) is 8.32. The topological polar surface area (TPSA) is 32.7 Å². The van der Waals surface area contributed by atoms with E-state index in [2.05, 4.69) is 47.4 Å². The minimum Gasteiger partial charge on any atom is -0.494 e. The zero-order valence-corrected chi connectivity index (χ0v) is 14.4. The van der Waals surface area contributed by atoms with Crippen molar-refractivity contribution in [1.29, 1.82) is 0 Å². The third-order valence-electron chi connectivity index (χ3n) is 4.76. The first-order valence-corrected chi connectivity index (χ1v) is 8.90. The van der Waals surface area contributed by atoms with Gasteiger partial charge in [-0.2, -0.15) is 0 Å². The summed E-state index contributed by atoms with van der Waals surface area (Å²) in [5.41, 5.74) is 2.61. The zero-order valence-electron chi connectivity index (χ0n) is 14.4. The zero-order chi connectivity index (χ0) is 16.8. The van der Waals surface area contributed by atoms with Gasteiger partial charge < -0.3 is 9.84 Å². The maximum atomic E-state index is 10.4. The fourth-order valence-electron chi connectivity index (χ4n) is 3.47. The number of likely N-dealkylation sites (tertiary alicyclic amines) is 1. The van der Waals surface area contributed by atoms with Crippen molar-refractivity contribution in [3.63, 3.8) is 0 Å². The van der Waals surface area contributed by atoms with Gasteiger partial charge in [-0.3, -0.25) is 4.90 Å². The molecule has 2 unspecified atom stereocenters. The van der Waals surface area contributed by atoms with Crippen LogP contribution in [0.25, 0.3) is 0 Å². The Morgan fingerprint density at radius 1 is 1.04 bits per heavy atom. The first kappa shape index (κ1) is 17.0. The number of piperidine rings is 1. The first-order chi connectivity index (χ1) is 11.7. The fraction of sp³-hybridized carbons (Fsp3) is 0.429. The van der Waals surface area contributed by atoms with E-state index >= 15 is 0 Å². The van der Waals surface area contributed by atoms with Crippen molar-refractivity contribution < 1.29 is 9.84 Å². The van der Waals surface area contributed by atoms with E-state index in [1.54, 1.807) is 0 Å². The van der Waals surface area contributed by atoms with E-state index < -0.39 is 0 Å². The minimum absolute atomic E-state index is 0.205. The monoisotopic (exact) mass is 325 g/mol. The van der Waals surface area contributed by atoms with Gasteiger partial charge in [-0.1, -0.05) is 42.5 Å². The maximum absolute atomic E-state index is 10.4. The molecule has 0 bridgehead atoms. The summed E-state index contributed by atoms with van der Waals surface area (Å²) in [6.07, 6.45) is 1.57. The summed E-state index contributed by atoms with van der Waals surface area (Å²) in [4.78, 5) is 2.46. The average molecular weight is 325 g/mol. The van der Waals surface area contributed by atoms with Crippen LogP contribution in [0.4, 0.5) is 0 Å². The Hall–Kier alpha value is -1.84. The van der Waals surface area contributed by atoms with Crippen LogP contribution in [0.1, 0.15) is 24.5 Å². The molecule has 128 valence electrons. The van der Waals surface area contributed by atoms with Gasteiger partial charge in [0.2, 0.25) is 0 Å². The minimum atomic E-state index is -0.205. The lowest BCUT2D eigenvalue weighted by atomic mass is 9.88. The van der Waals surface area contributed by atoms with E-state index in [1.807, 2.05) is 19.1 Å².